The molecule has 0 aliphatic heterocycles. The number of carbonyl (C=O) groups is 1. The third kappa shape index (κ3) is 3.53. The topological polar surface area (TPSA) is 45.2 Å². The van der Waals surface area contributed by atoms with Crippen molar-refractivity contribution in [3.63, 3.8) is 0 Å². The van der Waals surface area contributed by atoms with Gasteiger partial charge in [-0.2, -0.15) is 0 Å². The average molecular weight is 296 g/mol. The van der Waals surface area contributed by atoms with E-state index in [2.05, 4.69) is 10.4 Å². The van der Waals surface area contributed by atoms with Crippen LogP contribution in [0.2, 0.25) is 0 Å². The summed E-state index contributed by atoms with van der Waals surface area (Å²) >= 11 is 7.27. The molecule has 1 amide bonds. The largest absolute Gasteiger partial charge is 0.285 e. The summed E-state index contributed by atoms with van der Waals surface area (Å²) in [6, 6.07) is 7.39. The summed E-state index contributed by atoms with van der Waals surface area (Å²) in [4.78, 5) is 16.3. The van der Waals surface area contributed by atoms with E-state index < -0.39 is 0 Å². The number of hydrogen-bond acceptors (Lipinski definition) is 4. The summed E-state index contributed by atoms with van der Waals surface area (Å²) in [6.07, 6.45) is 0. The summed E-state index contributed by atoms with van der Waals surface area (Å²) in [5, 5.41) is 4.41. The van der Waals surface area contributed by atoms with E-state index in [1.54, 1.807) is 25.2 Å². The van der Waals surface area contributed by atoms with Crippen LogP contribution in [-0.2, 0) is 5.88 Å². The molecule has 1 aromatic heterocycles. The molecule has 0 unspecified atom stereocenters. The quantitative estimate of drug-likeness (QED) is 0.697. The fraction of sp³-hybridized carbons (Fsp3) is 0.231. The van der Waals surface area contributed by atoms with Gasteiger partial charge in [0.25, 0.3) is 5.91 Å². The zero-order valence-corrected chi connectivity index (χ0v) is 12.3. The van der Waals surface area contributed by atoms with Crippen molar-refractivity contribution in [2.45, 2.75) is 5.88 Å². The number of halogens is 1. The first-order chi connectivity index (χ1) is 9.10. The summed E-state index contributed by atoms with van der Waals surface area (Å²) in [7, 11) is 3.55. The Hall–Kier alpha value is -1.43. The van der Waals surface area contributed by atoms with Gasteiger partial charge in [0.15, 0.2) is 0 Å². The second kappa shape index (κ2) is 6.14. The molecule has 0 aliphatic rings. The van der Waals surface area contributed by atoms with Gasteiger partial charge < -0.3 is 0 Å². The first kappa shape index (κ1) is 14.0. The Bertz CT molecular complexity index is 583. The fourth-order valence-corrected chi connectivity index (χ4v) is 2.61. The van der Waals surface area contributed by atoms with Gasteiger partial charge in [-0.1, -0.05) is 12.1 Å². The van der Waals surface area contributed by atoms with Crippen molar-refractivity contribution in [2.24, 2.45) is 0 Å². The molecule has 0 fully saturated rings. The second-order valence-corrected chi connectivity index (χ2v) is 5.32. The molecule has 0 aliphatic carbocycles. The van der Waals surface area contributed by atoms with Crippen LogP contribution in [0, 0.1) is 0 Å². The van der Waals surface area contributed by atoms with E-state index in [4.69, 9.17) is 11.6 Å². The van der Waals surface area contributed by atoms with Gasteiger partial charge in [-0.3, -0.25) is 10.2 Å². The minimum atomic E-state index is -0.138. The van der Waals surface area contributed by atoms with Crippen molar-refractivity contribution in [3.8, 4) is 10.6 Å². The van der Waals surface area contributed by atoms with Crippen molar-refractivity contribution in [2.75, 3.05) is 14.1 Å². The smallest absolute Gasteiger partial charge is 0.265 e. The molecule has 2 rings (SSSR count). The number of hydrazine groups is 1. The molecule has 2 aromatic rings. The van der Waals surface area contributed by atoms with E-state index in [0.29, 0.717) is 11.4 Å². The third-order valence-electron chi connectivity index (χ3n) is 2.39. The zero-order chi connectivity index (χ0) is 13.8. The van der Waals surface area contributed by atoms with Crippen molar-refractivity contribution in [3.05, 3.63) is 40.9 Å². The van der Waals surface area contributed by atoms with Gasteiger partial charge in [-0.15, -0.1) is 22.9 Å². The number of aromatic nitrogens is 1. The van der Waals surface area contributed by atoms with Crippen LogP contribution in [0.5, 0.6) is 0 Å². The van der Waals surface area contributed by atoms with E-state index in [1.807, 2.05) is 23.6 Å². The maximum atomic E-state index is 11.9. The number of rotatable bonds is 4. The Morgan fingerprint density at radius 2 is 2.26 bits per heavy atom. The van der Waals surface area contributed by atoms with E-state index in [0.717, 1.165) is 16.3 Å². The standard InChI is InChI=1S/C13H14ClN3OS/c1-17(2)16-12(18)9-4-3-5-10(6-9)13-15-11(7-14)8-19-13/h3-6,8H,7H2,1-2H3,(H,16,18). The summed E-state index contributed by atoms with van der Waals surface area (Å²) < 4.78 is 0. The van der Waals surface area contributed by atoms with Crippen LogP contribution in [0.3, 0.4) is 0 Å². The van der Waals surface area contributed by atoms with Crippen LogP contribution in [0.1, 0.15) is 16.1 Å². The molecule has 0 saturated heterocycles. The number of benzene rings is 1. The molecule has 19 heavy (non-hydrogen) atoms. The van der Waals surface area contributed by atoms with E-state index >= 15 is 0 Å². The molecule has 1 heterocycles. The van der Waals surface area contributed by atoms with Gasteiger partial charge in [0.1, 0.15) is 5.01 Å². The highest BCUT2D eigenvalue weighted by molar-refractivity contribution is 7.13. The Labute approximate surface area is 121 Å². The monoisotopic (exact) mass is 295 g/mol. The lowest BCUT2D eigenvalue weighted by atomic mass is 10.1. The number of alkyl halides is 1. The van der Waals surface area contributed by atoms with Crippen molar-refractivity contribution < 1.29 is 4.79 Å². The lowest BCUT2D eigenvalue weighted by Gasteiger charge is -2.11. The predicted molar refractivity (Wildman–Crippen MR) is 78.3 cm³/mol. The molecular formula is C13H14ClN3OS. The predicted octanol–water partition coefficient (Wildman–Crippen LogP) is 2.76. The fourth-order valence-electron chi connectivity index (χ4n) is 1.56. The summed E-state index contributed by atoms with van der Waals surface area (Å²) in [5.41, 5.74) is 5.09. The molecular weight excluding hydrogens is 282 g/mol. The zero-order valence-electron chi connectivity index (χ0n) is 10.7. The summed E-state index contributed by atoms with van der Waals surface area (Å²) in [5.74, 6) is 0.262. The number of hydrogen-bond donors (Lipinski definition) is 1. The third-order valence-corrected chi connectivity index (χ3v) is 3.60. The SMILES string of the molecule is CN(C)NC(=O)c1cccc(-c2nc(CCl)cs2)c1. The van der Waals surface area contributed by atoms with Crippen LogP contribution < -0.4 is 5.43 Å². The van der Waals surface area contributed by atoms with Crippen LogP contribution >= 0.6 is 22.9 Å². The van der Waals surface area contributed by atoms with Gasteiger partial charge >= 0.3 is 0 Å². The highest BCUT2D eigenvalue weighted by Gasteiger charge is 2.09. The number of carbonyl (C=O) groups excluding carboxylic acids is 1. The molecule has 0 atom stereocenters. The Balaban J connectivity index is 2.26. The van der Waals surface area contributed by atoms with Crippen molar-refractivity contribution >= 4 is 28.8 Å². The second-order valence-electron chi connectivity index (χ2n) is 4.19. The number of nitrogens with one attached hydrogen (secondary N) is 1. The van der Waals surface area contributed by atoms with Crippen LogP contribution in [0.15, 0.2) is 29.6 Å². The number of nitrogens with zero attached hydrogens (tertiary/aromatic N) is 2. The lowest BCUT2D eigenvalue weighted by Crippen LogP contribution is -2.36. The molecule has 0 saturated carbocycles. The van der Waals surface area contributed by atoms with Crippen LogP contribution in [0.4, 0.5) is 0 Å². The summed E-state index contributed by atoms with van der Waals surface area (Å²) in [6.45, 7) is 0. The van der Waals surface area contributed by atoms with E-state index in [1.165, 1.54) is 11.3 Å². The van der Waals surface area contributed by atoms with Gasteiger partial charge in [0.2, 0.25) is 0 Å². The van der Waals surface area contributed by atoms with Gasteiger partial charge in [0.05, 0.1) is 11.6 Å². The molecule has 0 radical (unpaired) electrons. The lowest BCUT2D eigenvalue weighted by molar-refractivity contribution is 0.0857. The van der Waals surface area contributed by atoms with E-state index in [-0.39, 0.29) is 5.91 Å². The molecule has 0 bridgehead atoms. The molecule has 6 heteroatoms. The molecule has 4 nitrogen and oxygen atoms in total. The average Bonchev–Trinajstić information content (AvgIpc) is 2.87. The number of amides is 1. The molecule has 1 N–H and O–H groups in total. The normalized spacial score (nSPS) is 10.7. The molecule has 1 aromatic carbocycles. The van der Waals surface area contributed by atoms with E-state index in [9.17, 15) is 4.79 Å². The Morgan fingerprint density at radius 1 is 1.47 bits per heavy atom. The highest BCUT2D eigenvalue weighted by atomic mass is 35.5. The van der Waals surface area contributed by atoms with Crippen molar-refractivity contribution in [1.29, 1.82) is 0 Å². The minimum absolute atomic E-state index is 0.138. The maximum absolute atomic E-state index is 11.9. The van der Waals surface area contributed by atoms with Crippen molar-refractivity contribution in [1.82, 2.24) is 15.4 Å². The Morgan fingerprint density at radius 3 is 2.89 bits per heavy atom. The highest BCUT2D eigenvalue weighted by Crippen LogP contribution is 2.25. The molecule has 0 spiro atoms. The molecule has 100 valence electrons. The van der Waals surface area contributed by atoms with Crippen LogP contribution in [0.25, 0.3) is 10.6 Å². The maximum Gasteiger partial charge on any atom is 0.265 e. The minimum Gasteiger partial charge on any atom is -0.285 e. The van der Waals surface area contributed by atoms with Gasteiger partial charge in [-0.05, 0) is 12.1 Å². The number of thiazole rings is 1. The van der Waals surface area contributed by atoms with Gasteiger partial charge in [-0.25, -0.2) is 9.99 Å². The first-order valence-electron chi connectivity index (χ1n) is 5.69. The first-order valence-corrected chi connectivity index (χ1v) is 7.10. The van der Waals surface area contributed by atoms with Crippen LogP contribution in [-0.4, -0.2) is 30.0 Å². The van der Waals surface area contributed by atoms with Gasteiger partial charge in [0, 0.05) is 30.6 Å². The Kier molecular flexibility index (Phi) is 4.52.